The Morgan fingerprint density at radius 2 is 0.495 bits per heavy atom. The van der Waals surface area contributed by atoms with E-state index in [9.17, 15) is 0 Å². The van der Waals surface area contributed by atoms with E-state index in [1.165, 1.54) is 0 Å². The molecule has 0 unspecified atom stereocenters. The van der Waals surface area contributed by atoms with Crippen molar-refractivity contribution in [3.63, 3.8) is 0 Å². The standard InChI is InChI=1S/C89H96N8O8/c1-10-18-42-98-74-58-38-30-31-39-59(58)75(99-43-19-11-2)67-66(74)82-90-83(67)92-85-69-71(81(105-49-25-17-8)65-53-57-37-29-27-35-55(57)51-63(65)79(69)103-47-23-15-6)87(94-85)96-89-73-72(76(100-44-20-12-3)60-40-32-33-41-61(60)77(73)101-45-21-13-4)88(97(89)9)95-86-70-68(84(91-82)93-86)78(102-46-22-14-5)62-50-54-34-26-28-36-56(54)52-64(62)80(70)104-48-24-16-7/h26-41,50-53H,10-25,42-49H2,1-9H3,(H,90,91,92,93,94,95,96). The second-order valence-electron chi connectivity index (χ2n) is 27.8. The van der Waals surface area contributed by atoms with Gasteiger partial charge in [-0.2, -0.15) is 0 Å². The number of benzene rings is 10. The van der Waals surface area contributed by atoms with E-state index in [-0.39, 0.29) is 0 Å². The van der Waals surface area contributed by atoms with Gasteiger partial charge >= 0.3 is 0 Å². The third kappa shape index (κ3) is 13.0. The highest BCUT2D eigenvalue weighted by atomic mass is 16.5. The molecule has 10 aromatic carbocycles. The maximum Gasteiger partial charge on any atom is 0.168 e. The second kappa shape index (κ2) is 31.5. The van der Waals surface area contributed by atoms with Crippen LogP contribution < -0.4 is 37.9 Å². The van der Waals surface area contributed by atoms with Crippen molar-refractivity contribution in [2.24, 2.45) is 7.05 Å². The van der Waals surface area contributed by atoms with E-state index >= 15 is 0 Å². The van der Waals surface area contributed by atoms with Gasteiger partial charge in [-0.1, -0.05) is 204 Å². The molecule has 0 atom stereocenters. The molecule has 16 heteroatoms. The van der Waals surface area contributed by atoms with Crippen LogP contribution in [0.2, 0.25) is 0 Å². The Bertz CT molecular complexity index is 5290. The summed E-state index contributed by atoms with van der Waals surface area (Å²) in [5, 5.41) is 13.9. The van der Waals surface area contributed by atoms with Crippen LogP contribution in [-0.2, 0) is 7.05 Å². The Morgan fingerprint density at radius 1 is 0.267 bits per heavy atom. The SMILES string of the molecule is CCCCOc1c2c(c(OCCCC)c3cc4ccccc4cc13)-c1nc-2nc2[nH]c(nc3nc(nc4c5c(OCCCC)c6ccccc6c(OCCCC)c5c(n1)n4C)-c1c-3c(OCCCC)c3cc4ccccc4cc3c1OCCCC)c1c(OCCCC)c3ccccc3c(OCCCC)c21. The van der Waals surface area contributed by atoms with Crippen LogP contribution in [0.3, 0.4) is 0 Å². The first kappa shape index (κ1) is 70.2. The van der Waals surface area contributed by atoms with Crippen LogP contribution >= 0.6 is 0 Å². The van der Waals surface area contributed by atoms with Crippen LogP contribution in [0.4, 0.5) is 0 Å². The predicted molar refractivity (Wildman–Crippen MR) is 429 cm³/mol. The molecule has 15 rings (SSSR count). The van der Waals surface area contributed by atoms with Gasteiger partial charge in [-0.3, -0.25) is 0 Å². The van der Waals surface area contributed by atoms with Gasteiger partial charge in [0.05, 0.1) is 96.7 Å². The molecule has 16 nitrogen and oxygen atoms in total. The van der Waals surface area contributed by atoms with E-state index in [4.69, 9.17) is 67.8 Å². The number of ether oxygens (including phenoxy) is 8. The highest BCUT2D eigenvalue weighted by Gasteiger charge is 2.37. The van der Waals surface area contributed by atoms with Crippen molar-refractivity contribution in [3.05, 3.63) is 121 Å². The molecule has 540 valence electrons. The molecule has 13 aromatic rings. The molecule has 0 fully saturated rings. The van der Waals surface area contributed by atoms with Crippen molar-refractivity contribution in [1.29, 1.82) is 0 Å². The van der Waals surface area contributed by atoms with Gasteiger partial charge in [0.2, 0.25) is 0 Å². The fraction of sp³-hybridized carbons (Fsp3) is 0.371. The molecule has 0 spiro atoms. The van der Waals surface area contributed by atoms with Crippen LogP contribution in [0.25, 0.3) is 154 Å². The quantitative estimate of drug-likeness (QED) is 0.0312. The number of aromatic amines is 1. The van der Waals surface area contributed by atoms with Crippen LogP contribution in [0.5, 0.6) is 46.0 Å². The lowest BCUT2D eigenvalue weighted by Gasteiger charge is -2.19. The molecule has 105 heavy (non-hydrogen) atoms. The lowest BCUT2D eigenvalue weighted by atomic mass is 9.95. The number of fused-ring (bicyclic) bond motifs is 26. The van der Waals surface area contributed by atoms with Crippen LogP contribution in [0.15, 0.2) is 121 Å². The van der Waals surface area contributed by atoms with Gasteiger partial charge in [0.25, 0.3) is 0 Å². The zero-order valence-corrected chi connectivity index (χ0v) is 62.4. The fourth-order valence-electron chi connectivity index (χ4n) is 14.7. The summed E-state index contributed by atoms with van der Waals surface area (Å²) >= 11 is 0. The van der Waals surface area contributed by atoms with E-state index in [0.29, 0.717) is 189 Å². The second-order valence-corrected chi connectivity index (χ2v) is 27.8. The Morgan fingerprint density at radius 3 is 0.752 bits per heavy atom. The normalized spacial score (nSPS) is 12.0. The Balaban J connectivity index is 1.24. The van der Waals surface area contributed by atoms with Crippen molar-refractivity contribution in [1.82, 2.24) is 39.5 Å². The summed E-state index contributed by atoms with van der Waals surface area (Å²) in [6, 6.07) is 42.6. The van der Waals surface area contributed by atoms with Crippen molar-refractivity contribution >= 4 is 109 Å². The maximum atomic E-state index is 7.35. The Kier molecular flexibility index (Phi) is 21.0. The van der Waals surface area contributed by atoms with Crippen molar-refractivity contribution in [2.75, 3.05) is 52.9 Å². The molecule has 0 aliphatic carbocycles. The van der Waals surface area contributed by atoms with E-state index in [2.05, 4.69) is 186 Å². The summed E-state index contributed by atoms with van der Waals surface area (Å²) in [4.78, 5) is 39.6. The lowest BCUT2D eigenvalue weighted by molar-refractivity contribution is 0.308. The third-order valence-electron chi connectivity index (χ3n) is 20.3. The molecule has 0 radical (unpaired) electrons. The van der Waals surface area contributed by atoms with Gasteiger partial charge in [0.1, 0.15) is 68.6 Å². The first-order valence-corrected chi connectivity index (χ1v) is 38.8. The summed E-state index contributed by atoms with van der Waals surface area (Å²) in [6.07, 6.45) is 13.8. The van der Waals surface area contributed by atoms with Crippen LogP contribution in [0, 0.1) is 0 Å². The topological polar surface area (TPSA) is 172 Å². The molecule has 5 heterocycles. The summed E-state index contributed by atoms with van der Waals surface area (Å²) < 4.78 is 60.5. The largest absolute Gasteiger partial charge is 0.492 e. The van der Waals surface area contributed by atoms with Gasteiger partial charge in [0, 0.05) is 50.1 Å². The maximum absolute atomic E-state index is 7.35. The molecular formula is C89H96N8O8. The van der Waals surface area contributed by atoms with Gasteiger partial charge in [-0.15, -0.1) is 0 Å². The van der Waals surface area contributed by atoms with E-state index in [1.54, 1.807) is 0 Å². The lowest BCUT2D eigenvalue weighted by Crippen LogP contribution is -2.04. The summed E-state index contributed by atoms with van der Waals surface area (Å²) in [7, 11) is 2.03. The molecule has 1 N–H and O–H groups in total. The average Bonchev–Trinajstić information content (AvgIpc) is 1.59. The summed E-state index contributed by atoms with van der Waals surface area (Å²) in [5.41, 5.74) is 4.50. The van der Waals surface area contributed by atoms with Crippen LogP contribution in [-0.4, -0.2) is 92.3 Å². The number of unbranched alkanes of at least 4 members (excludes halogenated alkanes) is 8. The van der Waals surface area contributed by atoms with E-state index < -0.39 is 0 Å². The number of aryl methyl sites for hydroxylation is 1. The minimum Gasteiger partial charge on any atom is -0.492 e. The minimum atomic E-state index is 0.351. The van der Waals surface area contributed by atoms with Gasteiger partial charge < -0.3 is 47.4 Å². The zero-order chi connectivity index (χ0) is 72.1. The van der Waals surface area contributed by atoms with Gasteiger partial charge in [-0.25, -0.2) is 29.9 Å². The van der Waals surface area contributed by atoms with Gasteiger partial charge in [-0.05, 0) is 97.2 Å². The smallest absolute Gasteiger partial charge is 0.168 e. The number of nitrogens with one attached hydrogen (secondary N) is 1. The molecule has 2 aliphatic rings. The van der Waals surface area contributed by atoms with Gasteiger partial charge in [0.15, 0.2) is 23.3 Å². The van der Waals surface area contributed by atoms with E-state index in [0.717, 1.165) is 167 Å². The highest BCUT2D eigenvalue weighted by Crippen LogP contribution is 2.57. The third-order valence-corrected chi connectivity index (χ3v) is 20.3. The monoisotopic (exact) mass is 1400 g/mol. The Labute approximate surface area is 613 Å². The summed E-state index contributed by atoms with van der Waals surface area (Å²) in [5.74, 6) is 6.52. The van der Waals surface area contributed by atoms with Crippen molar-refractivity contribution < 1.29 is 37.9 Å². The molecular weight excluding hydrogens is 1310 g/mol. The molecule has 2 aliphatic heterocycles. The molecule has 0 amide bonds. The Hall–Kier alpha value is -10.5. The fourth-order valence-corrected chi connectivity index (χ4v) is 14.7. The number of hydrogen-bond acceptors (Lipinski definition) is 14. The first-order valence-electron chi connectivity index (χ1n) is 38.8. The minimum absolute atomic E-state index is 0.351. The highest BCUT2D eigenvalue weighted by molar-refractivity contribution is 6.24. The number of hydrogen-bond donors (Lipinski definition) is 1. The molecule has 0 saturated carbocycles. The summed E-state index contributed by atoms with van der Waals surface area (Å²) in [6.45, 7) is 21.0. The van der Waals surface area contributed by atoms with Crippen LogP contribution in [0.1, 0.15) is 158 Å². The number of H-pyrrole nitrogens is 1. The molecule has 8 bridgehead atoms. The molecule has 0 saturated heterocycles. The number of aromatic nitrogens is 8. The van der Waals surface area contributed by atoms with Crippen molar-refractivity contribution in [2.45, 2.75) is 158 Å². The number of rotatable bonds is 32. The number of nitrogens with zero attached hydrogens (tertiary/aromatic N) is 7. The van der Waals surface area contributed by atoms with Crippen molar-refractivity contribution in [3.8, 4) is 91.5 Å². The predicted octanol–water partition coefficient (Wildman–Crippen LogP) is 23.2. The average molecular weight is 1410 g/mol. The molecule has 3 aromatic heterocycles. The van der Waals surface area contributed by atoms with E-state index in [1.807, 2.05) is 7.05 Å². The zero-order valence-electron chi connectivity index (χ0n) is 62.4. The first-order chi connectivity index (χ1) is 51.7.